The van der Waals surface area contributed by atoms with Gasteiger partial charge < -0.3 is 9.84 Å². The minimum absolute atomic E-state index is 0.0540. The Hall–Kier alpha value is -5.66. The number of hydrogen-bond acceptors (Lipinski definition) is 8. The second kappa shape index (κ2) is 11.7. The van der Waals surface area contributed by atoms with Crippen LogP contribution in [0.2, 0.25) is 5.02 Å². The van der Waals surface area contributed by atoms with Crippen molar-refractivity contribution in [1.82, 2.24) is 23.7 Å². The number of amides is 2. The molecule has 2 amide bonds. The zero-order valence-electron chi connectivity index (χ0n) is 29.1. The van der Waals surface area contributed by atoms with Gasteiger partial charge in [-0.3, -0.25) is 14.3 Å². The number of fused-ring (bicyclic) bond motifs is 5. The number of allylic oxidation sites excluding steroid dienone is 2. The summed E-state index contributed by atoms with van der Waals surface area (Å²) in [5.41, 5.74) is 0.589. The van der Waals surface area contributed by atoms with Crippen molar-refractivity contribution in [2.45, 2.75) is 38.8 Å². The van der Waals surface area contributed by atoms with Crippen LogP contribution in [0.15, 0.2) is 94.0 Å². The number of aryl methyl sites for hydroxylation is 2. The minimum atomic E-state index is -1.40. The zero-order chi connectivity index (χ0) is 37.1. The highest BCUT2D eigenvalue weighted by molar-refractivity contribution is 7.22. The third-order valence-corrected chi connectivity index (χ3v) is 12.9. The van der Waals surface area contributed by atoms with E-state index in [9.17, 15) is 19.5 Å². The topological polar surface area (TPSA) is 134 Å². The van der Waals surface area contributed by atoms with Crippen LogP contribution in [0.5, 0.6) is 11.5 Å². The van der Waals surface area contributed by atoms with Crippen molar-refractivity contribution < 1.29 is 19.4 Å². The molecule has 53 heavy (non-hydrogen) atoms. The lowest BCUT2D eigenvalue weighted by atomic mass is 9.56. The molecule has 1 saturated carbocycles. The van der Waals surface area contributed by atoms with E-state index in [-0.39, 0.29) is 24.5 Å². The second-order valence-corrected chi connectivity index (χ2v) is 15.5. The molecule has 14 heteroatoms. The first kappa shape index (κ1) is 33.2. The van der Waals surface area contributed by atoms with Crippen molar-refractivity contribution in [3.05, 3.63) is 122 Å². The van der Waals surface area contributed by atoms with Gasteiger partial charge in [0.25, 0.3) is 0 Å². The number of hydrogen-bond donors (Lipinski definition) is 1. The van der Waals surface area contributed by atoms with Crippen molar-refractivity contribution in [2.24, 2.45) is 18.4 Å². The number of para-hydroxylation sites is 2. The van der Waals surface area contributed by atoms with Crippen LogP contribution in [-0.4, -0.2) is 47.7 Å². The predicted octanol–water partition coefficient (Wildman–Crippen LogP) is 5.96. The van der Waals surface area contributed by atoms with E-state index in [0.717, 1.165) is 25.1 Å². The van der Waals surface area contributed by atoms with E-state index in [4.69, 9.17) is 21.4 Å². The van der Waals surface area contributed by atoms with E-state index >= 15 is 4.79 Å². The summed E-state index contributed by atoms with van der Waals surface area (Å²) in [5, 5.41) is 18.0. The number of methoxy groups -OCH3 is 1. The van der Waals surface area contributed by atoms with Crippen LogP contribution in [0.25, 0.3) is 26.3 Å². The summed E-state index contributed by atoms with van der Waals surface area (Å²) < 4.78 is 12.0. The summed E-state index contributed by atoms with van der Waals surface area (Å²) in [5.74, 6) is -2.36. The molecule has 268 valence electrons. The molecule has 3 aromatic carbocycles. The Morgan fingerprint density at radius 3 is 2.53 bits per heavy atom. The molecule has 6 aromatic rings. The molecule has 1 saturated heterocycles. The molecule has 9 rings (SSSR count). The molecule has 5 heterocycles. The number of halogens is 1. The maximum Gasteiger partial charge on any atom is 0.352 e. The lowest BCUT2D eigenvalue weighted by Gasteiger charge is -2.47. The van der Waals surface area contributed by atoms with Crippen molar-refractivity contribution in [2.75, 3.05) is 12.0 Å². The van der Waals surface area contributed by atoms with E-state index in [1.807, 2.05) is 31.2 Å². The average molecular weight is 749 g/mol. The number of rotatable bonds is 5. The molecule has 0 radical (unpaired) electrons. The van der Waals surface area contributed by atoms with Crippen LogP contribution in [0.1, 0.15) is 36.4 Å². The largest absolute Gasteiger partial charge is 0.504 e. The van der Waals surface area contributed by atoms with Gasteiger partial charge in [-0.25, -0.2) is 28.4 Å². The standard InChI is InChI=1S/C39H33ClN6O6S/c1-20-25-17-21(40)13-14-30(25)53-34(20)27-19-31(42(3)41-27)45-35(48)26-18-28-23(32(39(26,2)36(45)49)24-11-8-12-29(52-4)33(24)47)15-16-43-37(50)44(38(51)46(28)43)22-9-6-5-7-10-22/h5-15,17,19,26,28,32,47H,16,18H2,1-4H3/t26-,28+,32+,39+/m0/s1. The first-order valence-corrected chi connectivity index (χ1v) is 18.3. The van der Waals surface area contributed by atoms with E-state index in [0.29, 0.717) is 33.4 Å². The van der Waals surface area contributed by atoms with Crippen LogP contribution in [-0.2, 0) is 23.2 Å². The van der Waals surface area contributed by atoms with Crippen LogP contribution < -0.4 is 21.0 Å². The van der Waals surface area contributed by atoms with Crippen LogP contribution in [0.4, 0.5) is 5.82 Å². The first-order chi connectivity index (χ1) is 25.4. The van der Waals surface area contributed by atoms with E-state index in [1.165, 1.54) is 26.1 Å². The maximum atomic E-state index is 15.1. The summed E-state index contributed by atoms with van der Waals surface area (Å²) in [7, 11) is 3.14. The summed E-state index contributed by atoms with van der Waals surface area (Å²) >= 11 is 7.86. The Kier molecular flexibility index (Phi) is 7.31. The molecule has 4 atom stereocenters. The van der Waals surface area contributed by atoms with E-state index in [2.05, 4.69) is 0 Å². The fourth-order valence-electron chi connectivity index (χ4n) is 8.79. The highest BCUT2D eigenvalue weighted by atomic mass is 35.5. The number of aromatic nitrogens is 5. The van der Waals surface area contributed by atoms with Crippen molar-refractivity contribution in [3.8, 4) is 27.8 Å². The molecule has 2 aliphatic heterocycles. The number of carbonyl (C=O) groups excluding carboxylic acids is 2. The van der Waals surface area contributed by atoms with Gasteiger partial charge in [0.1, 0.15) is 11.5 Å². The molecule has 1 aliphatic carbocycles. The molecule has 0 spiro atoms. The average Bonchev–Trinajstić information content (AvgIpc) is 3.82. The monoisotopic (exact) mass is 748 g/mol. The zero-order valence-corrected chi connectivity index (χ0v) is 30.7. The fourth-order valence-corrected chi connectivity index (χ4v) is 10.1. The van der Waals surface area contributed by atoms with Crippen LogP contribution in [0, 0.1) is 18.3 Å². The van der Waals surface area contributed by atoms with Crippen LogP contribution >= 0.6 is 22.9 Å². The lowest BCUT2D eigenvalue weighted by Crippen LogP contribution is -2.49. The minimum Gasteiger partial charge on any atom is -0.504 e. The Bertz CT molecular complexity index is 2700. The Morgan fingerprint density at radius 2 is 1.77 bits per heavy atom. The van der Waals surface area contributed by atoms with E-state index in [1.54, 1.807) is 79.9 Å². The lowest BCUT2D eigenvalue weighted by molar-refractivity contribution is -0.129. The van der Waals surface area contributed by atoms with Gasteiger partial charge in [-0.15, -0.1) is 11.3 Å². The molecule has 12 nitrogen and oxygen atoms in total. The Balaban J connectivity index is 1.21. The predicted molar refractivity (Wildman–Crippen MR) is 201 cm³/mol. The number of benzene rings is 3. The van der Waals surface area contributed by atoms with Gasteiger partial charge in [0, 0.05) is 34.3 Å². The fraction of sp³-hybridized carbons (Fsp3) is 0.256. The number of aromatic hydroxyl groups is 1. The summed E-state index contributed by atoms with van der Waals surface area (Å²) in [4.78, 5) is 60.0. The molecule has 0 unspecified atom stereocenters. The normalized spacial score (nSPS) is 22.2. The van der Waals surface area contributed by atoms with Crippen molar-refractivity contribution in [1.29, 1.82) is 0 Å². The molecular weight excluding hydrogens is 716 g/mol. The van der Waals surface area contributed by atoms with Gasteiger partial charge in [-0.2, -0.15) is 5.10 Å². The number of thiophene rings is 1. The number of nitrogens with zero attached hydrogens (tertiary/aromatic N) is 6. The van der Waals surface area contributed by atoms with Crippen molar-refractivity contribution >= 4 is 50.7 Å². The Morgan fingerprint density at radius 1 is 1.00 bits per heavy atom. The number of anilines is 1. The highest BCUT2D eigenvalue weighted by Gasteiger charge is 2.66. The number of ether oxygens (including phenoxy) is 1. The van der Waals surface area contributed by atoms with Gasteiger partial charge in [-0.05, 0) is 73.2 Å². The van der Waals surface area contributed by atoms with Gasteiger partial charge in [-0.1, -0.05) is 48.0 Å². The van der Waals surface area contributed by atoms with Crippen LogP contribution in [0.3, 0.4) is 0 Å². The molecule has 1 N–H and O–H groups in total. The van der Waals surface area contributed by atoms with E-state index < -0.39 is 46.5 Å². The molecule has 3 aliphatic rings. The third kappa shape index (κ3) is 4.50. The van der Waals surface area contributed by atoms with Gasteiger partial charge in [0.2, 0.25) is 11.8 Å². The molecule has 2 fully saturated rings. The molecule has 3 aromatic heterocycles. The summed E-state index contributed by atoms with van der Waals surface area (Å²) in [6.07, 6.45) is 1.93. The third-order valence-electron chi connectivity index (χ3n) is 11.3. The number of imide groups is 1. The van der Waals surface area contributed by atoms with Gasteiger partial charge >= 0.3 is 11.4 Å². The van der Waals surface area contributed by atoms with Gasteiger partial charge in [0.15, 0.2) is 11.5 Å². The maximum absolute atomic E-state index is 15.1. The highest BCUT2D eigenvalue weighted by Crippen LogP contribution is 2.62. The number of carbonyl (C=O) groups is 2. The number of phenolic OH excluding ortho intramolecular Hbond substituents is 1. The first-order valence-electron chi connectivity index (χ1n) is 17.1. The number of phenols is 1. The second-order valence-electron chi connectivity index (χ2n) is 14.0. The summed E-state index contributed by atoms with van der Waals surface area (Å²) in [6, 6.07) is 20.4. The SMILES string of the molecule is COc1cccc([C@H]2C3=CCn4c(=O)n(-c5ccccc5)c(=O)n4[C@@H]3C[C@H]3C(=O)N(c4cc(-c5sc6ccc(Cl)cc6c5C)nn4C)C(=O)[C@@]23C)c1O. The summed E-state index contributed by atoms with van der Waals surface area (Å²) in [6.45, 7) is 3.81. The quantitative estimate of drug-likeness (QED) is 0.170. The smallest absolute Gasteiger partial charge is 0.352 e. The van der Waals surface area contributed by atoms with Gasteiger partial charge in [0.05, 0.1) is 41.6 Å². The molecular formula is C39H33ClN6O6S. The Labute approximate surface area is 311 Å². The van der Waals surface area contributed by atoms with Crippen molar-refractivity contribution in [3.63, 3.8) is 0 Å². The molecule has 0 bridgehead atoms.